The summed E-state index contributed by atoms with van der Waals surface area (Å²) in [5.41, 5.74) is -1.65. The van der Waals surface area contributed by atoms with E-state index in [9.17, 15) is 23.3 Å². The Morgan fingerprint density at radius 2 is 1.74 bits per heavy atom. The topological polar surface area (TPSA) is 105 Å². The maximum absolute atomic E-state index is 13.0. The van der Waals surface area contributed by atoms with Gasteiger partial charge >= 0.3 is 11.9 Å². The number of halogens is 3. The molecule has 1 aromatic carbocycles. The van der Waals surface area contributed by atoms with Crippen molar-refractivity contribution in [2.75, 3.05) is 10.6 Å². The number of piperidine rings is 1. The van der Waals surface area contributed by atoms with Gasteiger partial charge in [-0.1, -0.05) is 6.07 Å². The first kappa shape index (κ1) is 22.7. The number of hydrogen-bond donors (Lipinski definition) is 3. The van der Waals surface area contributed by atoms with E-state index >= 15 is 0 Å². The third kappa shape index (κ3) is 5.60. The number of anilines is 3. The highest BCUT2D eigenvalue weighted by Crippen LogP contribution is 2.36. The number of nitro groups is 1. The van der Waals surface area contributed by atoms with Crippen LogP contribution in [-0.2, 0) is 6.18 Å². The standard InChI is InChI=1S/C20H25F3N6O2/c1-18(2)9-14(10-19(3,4)28-18)27-17-15(29(30)31)16(24-11-25-17)26-13-7-5-6-12(8-13)20(21,22)23/h5-8,11,14,28H,9-10H2,1-4H3,(H2,24,25,26,27). The van der Waals surface area contributed by atoms with E-state index in [-0.39, 0.29) is 34.4 Å². The lowest BCUT2D eigenvalue weighted by atomic mass is 9.79. The summed E-state index contributed by atoms with van der Waals surface area (Å²) in [6.07, 6.45) is -1.98. The monoisotopic (exact) mass is 438 g/mol. The molecule has 3 rings (SSSR count). The molecular formula is C20H25F3N6O2. The van der Waals surface area contributed by atoms with Crippen LogP contribution in [0.25, 0.3) is 0 Å². The van der Waals surface area contributed by atoms with Crippen LogP contribution in [0.5, 0.6) is 0 Å². The summed E-state index contributed by atoms with van der Waals surface area (Å²) < 4.78 is 39.0. The molecule has 1 aliphatic heterocycles. The zero-order valence-corrected chi connectivity index (χ0v) is 17.7. The molecular weight excluding hydrogens is 413 g/mol. The van der Waals surface area contributed by atoms with Crippen molar-refractivity contribution in [3.63, 3.8) is 0 Å². The van der Waals surface area contributed by atoms with Gasteiger partial charge in [0.1, 0.15) is 6.33 Å². The van der Waals surface area contributed by atoms with Gasteiger partial charge in [-0.15, -0.1) is 0 Å². The zero-order chi connectivity index (χ0) is 23.0. The highest BCUT2D eigenvalue weighted by molar-refractivity contribution is 5.74. The lowest BCUT2D eigenvalue weighted by molar-refractivity contribution is -0.383. The number of hydrogen-bond acceptors (Lipinski definition) is 7. The third-order valence-electron chi connectivity index (χ3n) is 4.99. The molecule has 11 heteroatoms. The van der Waals surface area contributed by atoms with Crippen LogP contribution in [-0.4, -0.2) is 32.0 Å². The first-order valence-electron chi connectivity index (χ1n) is 9.75. The molecule has 0 aliphatic carbocycles. The van der Waals surface area contributed by atoms with E-state index in [2.05, 4.69) is 53.6 Å². The van der Waals surface area contributed by atoms with Gasteiger partial charge in [-0.05, 0) is 58.7 Å². The SMILES string of the molecule is CC1(C)CC(Nc2ncnc(Nc3cccc(C(F)(F)F)c3)c2[N+](=O)[O-])CC(C)(C)N1. The first-order chi connectivity index (χ1) is 14.3. The number of nitrogens with one attached hydrogen (secondary N) is 3. The molecule has 168 valence electrons. The molecule has 0 unspecified atom stereocenters. The second kappa shape index (κ2) is 7.95. The van der Waals surface area contributed by atoms with Crippen molar-refractivity contribution in [3.05, 3.63) is 46.3 Å². The van der Waals surface area contributed by atoms with Gasteiger partial charge in [0.2, 0.25) is 11.6 Å². The van der Waals surface area contributed by atoms with Gasteiger partial charge in [-0.25, -0.2) is 9.97 Å². The van der Waals surface area contributed by atoms with Crippen molar-refractivity contribution in [2.24, 2.45) is 0 Å². The molecule has 2 heterocycles. The van der Waals surface area contributed by atoms with Gasteiger partial charge in [0.05, 0.1) is 10.5 Å². The molecule has 1 aromatic heterocycles. The summed E-state index contributed by atoms with van der Waals surface area (Å²) in [7, 11) is 0. The van der Waals surface area contributed by atoms with E-state index in [1.807, 2.05) is 0 Å². The fourth-order valence-corrected chi connectivity index (χ4v) is 4.28. The second-order valence-electron chi connectivity index (χ2n) is 9.02. The van der Waals surface area contributed by atoms with E-state index in [1.165, 1.54) is 12.1 Å². The van der Waals surface area contributed by atoms with Gasteiger partial charge in [0.25, 0.3) is 0 Å². The van der Waals surface area contributed by atoms with Crippen LogP contribution in [0.15, 0.2) is 30.6 Å². The van der Waals surface area contributed by atoms with E-state index < -0.39 is 22.4 Å². The van der Waals surface area contributed by atoms with Crippen molar-refractivity contribution in [3.8, 4) is 0 Å². The van der Waals surface area contributed by atoms with Crippen LogP contribution in [0.3, 0.4) is 0 Å². The fourth-order valence-electron chi connectivity index (χ4n) is 4.28. The third-order valence-corrected chi connectivity index (χ3v) is 4.99. The van der Waals surface area contributed by atoms with E-state index in [4.69, 9.17) is 0 Å². The summed E-state index contributed by atoms with van der Waals surface area (Å²) in [6, 6.07) is 4.30. The molecule has 0 amide bonds. The minimum absolute atomic E-state index is 0.0213. The van der Waals surface area contributed by atoms with Gasteiger partial charge in [-0.2, -0.15) is 13.2 Å². The van der Waals surface area contributed by atoms with Gasteiger partial charge in [-0.3, -0.25) is 10.1 Å². The summed E-state index contributed by atoms with van der Waals surface area (Å²) in [4.78, 5) is 19.1. The Hall–Kier alpha value is -2.95. The molecule has 0 saturated carbocycles. The minimum atomic E-state index is -4.53. The van der Waals surface area contributed by atoms with Crippen LogP contribution in [0.2, 0.25) is 0 Å². The number of benzene rings is 1. The molecule has 3 N–H and O–H groups in total. The Morgan fingerprint density at radius 1 is 1.13 bits per heavy atom. The maximum Gasteiger partial charge on any atom is 0.416 e. The molecule has 0 bridgehead atoms. The van der Waals surface area contributed by atoms with Gasteiger partial charge in [0.15, 0.2) is 0 Å². The average molecular weight is 438 g/mol. The van der Waals surface area contributed by atoms with Gasteiger partial charge < -0.3 is 16.0 Å². The molecule has 8 nitrogen and oxygen atoms in total. The van der Waals surface area contributed by atoms with Crippen LogP contribution < -0.4 is 16.0 Å². The first-order valence-corrected chi connectivity index (χ1v) is 9.75. The minimum Gasteiger partial charge on any atom is -0.361 e. The Kier molecular flexibility index (Phi) is 5.83. The second-order valence-corrected chi connectivity index (χ2v) is 9.02. The smallest absolute Gasteiger partial charge is 0.361 e. The number of nitrogens with zero attached hydrogens (tertiary/aromatic N) is 3. The molecule has 0 radical (unpaired) electrons. The largest absolute Gasteiger partial charge is 0.416 e. The predicted molar refractivity (Wildman–Crippen MR) is 111 cm³/mol. The van der Waals surface area contributed by atoms with Crippen LogP contribution in [0.1, 0.15) is 46.1 Å². The number of alkyl halides is 3. The van der Waals surface area contributed by atoms with E-state index in [1.54, 1.807) is 0 Å². The molecule has 0 spiro atoms. The lowest BCUT2D eigenvalue weighted by Gasteiger charge is -2.46. The normalized spacial score (nSPS) is 18.4. The van der Waals surface area contributed by atoms with E-state index in [0.29, 0.717) is 12.8 Å². The Labute approximate surface area is 177 Å². The lowest BCUT2D eigenvalue weighted by Crippen LogP contribution is -2.60. The van der Waals surface area contributed by atoms with Crippen molar-refractivity contribution < 1.29 is 18.1 Å². The van der Waals surface area contributed by atoms with Crippen molar-refractivity contribution in [2.45, 2.75) is 63.8 Å². The Bertz CT molecular complexity index is 962. The zero-order valence-electron chi connectivity index (χ0n) is 17.7. The van der Waals surface area contributed by atoms with E-state index in [0.717, 1.165) is 18.5 Å². The number of rotatable bonds is 5. The molecule has 1 aliphatic rings. The molecule has 31 heavy (non-hydrogen) atoms. The highest BCUT2D eigenvalue weighted by atomic mass is 19.4. The average Bonchev–Trinajstić information content (AvgIpc) is 2.58. The summed E-state index contributed by atoms with van der Waals surface area (Å²) >= 11 is 0. The predicted octanol–water partition coefficient (Wildman–Crippen LogP) is 4.87. The van der Waals surface area contributed by atoms with Gasteiger partial charge in [0, 0.05) is 22.8 Å². The molecule has 0 atom stereocenters. The molecule has 2 aromatic rings. The molecule has 1 saturated heterocycles. The quantitative estimate of drug-likeness (QED) is 0.452. The molecule has 1 fully saturated rings. The summed E-state index contributed by atoms with van der Waals surface area (Å²) in [5, 5.41) is 21.1. The van der Waals surface area contributed by atoms with Crippen molar-refractivity contribution >= 4 is 23.0 Å². The van der Waals surface area contributed by atoms with Crippen LogP contribution in [0.4, 0.5) is 36.2 Å². The highest BCUT2D eigenvalue weighted by Gasteiger charge is 2.39. The Balaban J connectivity index is 1.91. The van der Waals surface area contributed by atoms with Crippen molar-refractivity contribution in [1.29, 1.82) is 0 Å². The van der Waals surface area contributed by atoms with Crippen LogP contribution >= 0.6 is 0 Å². The Morgan fingerprint density at radius 3 is 2.32 bits per heavy atom. The summed E-state index contributed by atoms with van der Waals surface area (Å²) in [6.45, 7) is 8.21. The summed E-state index contributed by atoms with van der Waals surface area (Å²) in [5.74, 6) is -0.165. The maximum atomic E-state index is 13.0. The van der Waals surface area contributed by atoms with Crippen LogP contribution in [0, 0.1) is 10.1 Å². The number of aromatic nitrogens is 2. The van der Waals surface area contributed by atoms with Crippen molar-refractivity contribution in [1.82, 2.24) is 15.3 Å². The fraction of sp³-hybridized carbons (Fsp3) is 0.500.